The molecule has 2 aromatic carbocycles. The van der Waals surface area contributed by atoms with Crippen LogP contribution in [0.4, 0.5) is 0 Å². The fourth-order valence-electron chi connectivity index (χ4n) is 2.97. The van der Waals surface area contributed by atoms with Gasteiger partial charge in [0.15, 0.2) is 13.8 Å². The van der Waals surface area contributed by atoms with Crippen molar-refractivity contribution in [2.45, 2.75) is 0 Å². The van der Waals surface area contributed by atoms with E-state index in [1.165, 1.54) is 0 Å². The van der Waals surface area contributed by atoms with E-state index in [1.54, 1.807) is 24.3 Å². The largest absolute Gasteiger partial charge is 0.256 e. The van der Waals surface area contributed by atoms with E-state index < -0.39 is 37.4 Å². The summed E-state index contributed by atoms with van der Waals surface area (Å²) in [5.41, 5.74) is 0. The lowest BCUT2D eigenvalue weighted by molar-refractivity contribution is 1.69. The number of hydrogen-bond acceptors (Lipinski definition) is 6. The van der Waals surface area contributed by atoms with Gasteiger partial charge in [-0.2, -0.15) is 9.03 Å². The van der Waals surface area contributed by atoms with E-state index in [0.717, 1.165) is 0 Å². The Morgan fingerprint density at radius 1 is 0.375 bits per heavy atom. The summed E-state index contributed by atoms with van der Waals surface area (Å²) in [5.74, 6) is -13.6. The van der Waals surface area contributed by atoms with Crippen LogP contribution in [0.1, 0.15) is 0 Å². The number of hydrogen-bond donors (Lipinski definition) is 0. The van der Waals surface area contributed by atoms with Crippen molar-refractivity contribution in [2.24, 2.45) is 27.1 Å². The molecule has 20 heteroatoms. The molecule has 2 aliphatic rings. The van der Waals surface area contributed by atoms with Crippen molar-refractivity contribution in [2.75, 3.05) is 0 Å². The summed E-state index contributed by atoms with van der Waals surface area (Å²) in [6, 6.07) is 18.1. The minimum absolute atomic E-state index is 0.625. The minimum Gasteiger partial charge on any atom is -0.201 e. The number of benzene rings is 2. The predicted octanol–water partition coefficient (Wildman–Crippen LogP) is 13.5. The average Bonchev–Trinajstić information content (AvgIpc) is 2.64. The minimum atomic E-state index is -3.41. The quantitative estimate of drug-likeness (QED) is 0.285. The van der Waals surface area contributed by atoms with Gasteiger partial charge in [-0.25, -0.2) is 18.1 Å². The van der Waals surface area contributed by atoms with Crippen LogP contribution < -0.4 is 10.6 Å². The van der Waals surface area contributed by atoms with Crippen molar-refractivity contribution < 1.29 is 0 Å². The Morgan fingerprint density at radius 2 is 0.656 bits per heavy atom. The van der Waals surface area contributed by atoms with E-state index in [-0.39, 0.29) is 0 Å². The number of rotatable bonds is 3. The van der Waals surface area contributed by atoms with Gasteiger partial charge in [0.1, 0.15) is 0 Å². The maximum absolute atomic E-state index is 6.57. The molecule has 0 aromatic heterocycles. The first-order valence-corrected chi connectivity index (χ1v) is 26.3. The van der Waals surface area contributed by atoms with Crippen LogP contribution in [0.3, 0.4) is 0 Å². The zero-order valence-corrected chi connectivity index (χ0v) is 26.6. The Morgan fingerprint density at radius 3 is 0.938 bits per heavy atom. The fraction of sp³-hybridized carbons (Fsp3) is 0. The van der Waals surface area contributed by atoms with E-state index in [9.17, 15) is 0 Å². The average molecular weight is 708 g/mol. The Hall–Kier alpha value is 2.14. The molecule has 2 unspecified atom stereocenters. The van der Waals surface area contributed by atoms with Crippen LogP contribution in [0.2, 0.25) is 0 Å². The smallest absolute Gasteiger partial charge is 0.201 e. The number of nitrogens with zero attached hydrogens (tertiary/aromatic N) is 6. The second-order valence-corrected chi connectivity index (χ2v) is 34.1. The summed E-state index contributed by atoms with van der Waals surface area (Å²) in [6.07, 6.45) is 0. The fourth-order valence-corrected chi connectivity index (χ4v) is 48.8. The van der Waals surface area contributed by atoms with Crippen LogP contribution in [-0.4, -0.2) is 0 Å². The molecule has 0 N–H and O–H groups in total. The Balaban J connectivity index is 2.36. The summed E-state index contributed by atoms with van der Waals surface area (Å²) >= 11 is 52.5. The highest BCUT2D eigenvalue weighted by Gasteiger charge is 2.51. The van der Waals surface area contributed by atoms with Crippen molar-refractivity contribution in [1.29, 1.82) is 0 Å². The highest BCUT2D eigenvalue weighted by molar-refractivity contribution is 8.48. The normalized spacial score (nSPS) is 31.4. The lowest BCUT2D eigenvalue weighted by atomic mass is 10.4. The molecule has 6 nitrogen and oxygen atoms in total. The SMILES string of the molecule is ClP1(Cl)=NP(Cl)(Cl)=NP(c2ccccc2)(P2(c3ccccc3)=NP(Cl)(Cl)=NP(Cl)(Cl)=N2)=N1. The van der Waals surface area contributed by atoms with Crippen molar-refractivity contribution in [3.8, 4) is 0 Å². The third-order valence-electron chi connectivity index (χ3n) is 3.95. The van der Waals surface area contributed by atoms with Gasteiger partial charge >= 0.3 is 0 Å². The Kier molecular flexibility index (Phi) is 8.04. The maximum atomic E-state index is 6.57. The first-order chi connectivity index (χ1) is 14.7. The first kappa shape index (κ1) is 27.2. The van der Waals surface area contributed by atoms with Crippen LogP contribution in [0, 0.1) is 0 Å². The standard InChI is InChI=1S/C12H10Cl8N6P6/c13-29(14)21-27(22-30(15,16)25-29,11-7-3-1-4-8-11)28(12-9-5-2-6-10-12)23-31(17,18)26-32(19,20)24-28/h1-10H. The maximum Gasteiger partial charge on any atom is 0.256 e. The van der Waals surface area contributed by atoms with E-state index in [0.29, 0.717) is 10.6 Å². The molecule has 0 fully saturated rings. The zero-order chi connectivity index (χ0) is 23.5. The van der Waals surface area contributed by atoms with Crippen molar-refractivity contribution >= 4 is 138 Å². The molecule has 2 aliphatic heterocycles. The second kappa shape index (κ2) is 9.46. The molecule has 32 heavy (non-hydrogen) atoms. The molecule has 0 radical (unpaired) electrons. The van der Waals surface area contributed by atoms with Gasteiger partial charge in [0, 0.05) is 10.6 Å². The van der Waals surface area contributed by atoms with Gasteiger partial charge in [0.05, 0.1) is 0 Å². The topological polar surface area (TPSA) is 74.2 Å². The molecule has 0 aliphatic carbocycles. The summed E-state index contributed by atoms with van der Waals surface area (Å²) < 4.78 is 27.5. The van der Waals surface area contributed by atoms with E-state index in [1.807, 2.05) is 36.4 Å². The van der Waals surface area contributed by atoms with Crippen LogP contribution in [0.25, 0.3) is 0 Å². The van der Waals surface area contributed by atoms with E-state index in [2.05, 4.69) is 9.03 Å². The van der Waals surface area contributed by atoms with Crippen molar-refractivity contribution in [3.63, 3.8) is 0 Å². The third-order valence-corrected chi connectivity index (χ3v) is 33.9. The molecule has 2 heterocycles. The van der Waals surface area contributed by atoms with Crippen LogP contribution >= 0.6 is 127 Å². The van der Waals surface area contributed by atoms with Crippen LogP contribution in [-0.2, 0) is 0 Å². The highest BCUT2D eigenvalue weighted by Crippen LogP contribution is 3.01. The van der Waals surface area contributed by atoms with Crippen LogP contribution in [0.5, 0.6) is 0 Å². The van der Waals surface area contributed by atoms with E-state index >= 15 is 0 Å². The Labute approximate surface area is 223 Å². The lowest BCUT2D eigenvalue weighted by Crippen LogP contribution is -2.11. The summed E-state index contributed by atoms with van der Waals surface area (Å²) in [5, 5.41) is 1.25. The summed E-state index contributed by atoms with van der Waals surface area (Å²) in [4.78, 5) is 0. The molecule has 0 saturated heterocycles. The molecule has 2 aromatic rings. The van der Waals surface area contributed by atoms with Gasteiger partial charge in [-0.1, -0.05) is 60.7 Å². The molecule has 2 atom stereocenters. The highest BCUT2D eigenvalue weighted by atomic mass is 35.9. The van der Waals surface area contributed by atoms with Gasteiger partial charge in [0.2, 0.25) is 0 Å². The molecule has 0 spiro atoms. The Bertz CT molecular complexity index is 1290. The van der Waals surface area contributed by atoms with E-state index in [4.69, 9.17) is 108 Å². The summed E-state index contributed by atoms with van der Waals surface area (Å²) in [6.45, 7) is -6.82. The third kappa shape index (κ3) is 5.52. The molecule has 4 rings (SSSR count). The van der Waals surface area contributed by atoms with Crippen molar-refractivity contribution in [1.82, 2.24) is 0 Å². The lowest BCUT2D eigenvalue weighted by Gasteiger charge is -2.37. The van der Waals surface area contributed by atoms with Crippen LogP contribution in [0.15, 0.2) is 87.8 Å². The first-order valence-electron chi connectivity index (χ1n) is 8.22. The number of halogens is 8. The molecule has 174 valence electrons. The second-order valence-electron chi connectivity index (χ2n) is 6.17. The molecule has 0 amide bonds. The van der Waals surface area contributed by atoms with Gasteiger partial charge in [-0.3, -0.25) is 0 Å². The van der Waals surface area contributed by atoms with Gasteiger partial charge in [0.25, 0.3) is 23.6 Å². The predicted molar refractivity (Wildman–Crippen MR) is 155 cm³/mol. The monoisotopic (exact) mass is 704 g/mol. The molecular formula is C12H10Cl8N6P6. The molecule has 0 saturated carbocycles. The molecular weight excluding hydrogens is 698 g/mol. The molecule has 0 bridgehead atoms. The van der Waals surface area contributed by atoms with Gasteiger partial charge in [-0.15, -0.1) is 0 Å². The zero-order valence-electron chi connectivity index (χ0n) is 15.2. The van der Waals surface area contributed by atoms with Gasteiger partial charge < -0.3 is 0 Å². The van der Waals surface area contributed by atoms with Crippen molar-refractivity contribution in [3.05, 3.63) is 60.7 Å². The summed E-state index contributed by atoms with van der Waals surface area (Å²) in [7, 11) is 0. The van der Waals surface area contributed by atoms with Gasteiger partial charge in [-0.05, 0) is 89.9 Å².